The van der Waals surface area contributed by atoms with Gasteiger partial charge < -0.3 is 154 Å². The van der Waals surface area contributed by atoms with Crippen molar-refractivity contribution in [2.45, 2.75) is 58.3 Å². The largest absolute Gasteiger partial charge is 0.492 e. The van der Waals surface area contributed by atoms with Crippen LogP contribution in [0.3, 0.4) is 0 Å². The Balaban J connectivity index is 0.459. The molecule has 0 aliphatic carbocycles. The molecule has 792 valence electrons. The Bertz CT molecular complexity index is 6310. The highest BCUT2D eigenvalue weighted by molar-refractivity contribution is 6.07. The van der Waals surface area contributed by atoms with Crippen LogP contribution < -0.4 is 88.1 Å². The number of piperazine rings is 1. The molecule has 1 fully saturated rings. The number of aryl methyl sites for hydroxylation is 7. The number of rotatable bonds is 57. The van der Waals surface area contributed by atoms with Crippen LogP contribution in [-0.2, 0) is 107 Å². The van der Waals surface area contributed by atoms with Gasteiger partial charge in [-0.2, -0.15) is 0 Å². The van der Waals surface area contributed by atoms with Gasteiger partial charge >= 0.3 is 0 Å². The number of para-hydroxylation sites is 1. The van der Waals surface area contributed by atoms with E-state index in [1.165, 1.54) is 89.9 Å². The van der Waals surface area contributed by atoms with Crippen molar-refractivity contribution in [3.63, 3.8) is 0 Å². The average molecular weight is 2050 g/mol. The molecule has 13 N–H and O–H groups in total. The van der Waals surface area contributed by atoms with Gasteiger partial charge in [0.1, 0.15) is 41.8 Å². The molecular formula is C98H126N26O24. The fourth-order valence-electron chi connectivity index (χ4n) is 14.8. The van der Waals surface area contributed by atoms with Crippen molar-refractivity contribution in [2.75, 3.05) is 197 Å². The molecule has 1 aliphatic heterocycles. The van der Waals surface area contributed by atoms with Crippen LogP contribution in [0.15, 0.2) is 135 Å². The number of methoxy groups -OCH3 is 1. The van der Waals surface area contributed by atoms with Crippen LogP contribution in [-0.4, -0.2) is 315 Å². The second kappa shape index (κ2) is 55.5. The number of hydrogen-bond donors (Lipinski definition) is 13. The van der Waals surface area contributed by atoms with Crippen molar-refractivity contribution in [3.8, 4) is 23.0 Å². The highest BCUT2D eigenvalue weighted by Crippen LogP contribution is 2.33. The number of amides is 15. The van der Waals surface area contributed by atoms with E-state index in [0.717, 1.165) is 5.56 Å². The van der Waals surface area contributed by atoms with Crippen LogP contribution >= 0.6 is 0 Å². The predicted octanol–water partition coefficient (Wildman–Crippen LogP) is 3.05. The number of nitrogens with one attached hydrogen (secondary N) is 13. The normalized spacial score (nSPS) is 11.8. The molecule has 0 unspecified atom stereocenters. The van der Waals surface area contributed by atoms with Crippen LogP contribution in [0, 0.1) is 0 Å². The Morgan fingerprint density at radius 3 is 1.34 bits per heavy atom. The molecule has 148 heavy (non-hydrogen) atoms. The van der Waals surface area contributed by atoms with E-state index < -0.39 is 59.1 Å². The number of hydrogen-bond acceptors (Lipinski definition) is 28. The van der Waals surface area contributed by atoms with Crippen LogP contribution in [0.5, 0.6) is 23.0 Å². The number of nitrogens with zero attached hydrogens (tertiary/aromatic N) is 13. The average Bonchev–Trinajstić information content (AvgIpc) is 1.30. The SMILES string of the molecule is COc1c(OCCOCCOCCOCCOCCOCCNC(=O)CCNC(=O)c2nc(NC(=O)c3cc(NC(=O)CCNC(=O)c4nc(NC(=O)CCCNC(=O)c5cc(NC(=O)c6nc(NC(=O)CCNC(=O)c7cc(NC(=O)c8nccn8C)cn7C)cn6C)cn5C)cn4C)cn3C)cn2C)cccc1C(=O)N1CCN(C(=O)COc2cccc(OCCNC(=O)CNC(=O)c3ccc(C(C)(C)C)cc3)c2)CC1. The summed E-state index contributed by atoms with van der Waals surface area (Å²) in [6.45, 7) is 10.7. The lowest BCUT2D eigenvalue weighted by molar-refractivity contribution is -0.135. The fraction of sp³-hybridized carbons (Fsp3) is 0.418. The van der Waals surface area contributed by atoms with E-state index in [1.54, 1.807) is 131 Å². The summed E-state index contributed by atoms with van der Waals surface area (Å²) in [6, 6.07) is 23.5. The van der Waals surface area contributed by atoms with E-state index in [2.05, 4.69) is 110 Å². The highest BCUT2D eigenvalue weighted by atomic mass is 16.6. The van der Waals surface area contributed by atoms with Crippen molar-refractivity contribution >= 4 is 123 Å². The molecule has 0 atom stereocenters. The lowest BCUT2D eigenvalue weighted by Crippen LogP contribution is -2.51. The first-order chi connectivity index (χ1) is 71.0. The van der Waals surface area contributed by atoms with Gasteiger partial charge in [0, 0.05) is 195 Å². The number of ether oxygens (including phenoxy) is 9. The Hall–Kier alpha value is -16.6. The number of carbonyl (C=O) groups is 15. The monoisotopic (exact) mass is 2050 g/mol. The molecular weight excluding hydrogens is 1930 g/mol. The molecule has 10 aromatic rings. The maximum Gasteiger partial charge on any atom is 0.291 e. The molecule has 50 heteroatoms. The molecule has 0 radical (unpaired) electrons. The topological polar surface area (TPSA) is 588 Å². The van der Waals surface area contributed by atoms with Gasteiger partial charge in [0.2, 0.25) is 47.0 Å². The Morgan fingerprint density at radius 1 is 0.358 bits per heavy atom. The zero-order chi connectivity index (χ0) is 106. The standard InChI is InChI=1S/C98H126N26O24/c1-98(2,3)64-22-20-63(21-23-64)89(131)106-55-82(129)100-33-40-146-68-15-12-16-69(54-68)148-62-83(130)123-35-37-124(38-36-123)97(139)70-17-13-18-74(84(70)140-11)147-50-49-145-48-47-144-46-45-143-44-43-142-42-41-141-39-32-99-78(125)24-28-104-94(136)87-114-77(61-121(87)9)115-92(134)73-51-65(56-119(73)7)107-80(127)25-30-105-93(135)86-112-75(59-120(86)8)110-79(126)19-14-27-102-90(132)71-53-67(58-117(71)5)109-96(138)88-113-76(60-122(88)10)111-81(128)26-29-103-91(133)72-52-66(57-118(72)6)108-95(137)85-101-31-34-116(85)4/h12-13,15-18,20-23,31,34,51-54,56-61H,14,19,24-30,32-33,35-50,55,62H2,1-11H3,(H,99,125)(H,100,129)(H,102,132)(H,103,133)(H,104,136)(H,105,135)(H,106,131)(H,107,127)(H,108,137)(H,109,138)(H,110,126)(H,111,128)(H,115,134). The number of anilines is 6. The van der Waals surface area contributed by atoms with Gasteiger partial charge in [-0.15, -0.1) is 0 Å². The highest BCUT2D eigenvalue weighted by Gasteiger charge is 2.31. The molecule has 0 bridgehead atoms. The van der Waals surface area contributed by atoms with Crippen molar-refractivity contribution < 1.29 is 115 Å². The molecule has 0 saturated carbocycles. The van der Waals surface area contributed by atoms with Crippen molar-refractivity contribution in [3.05, 3.63) is 192 Å². The third kappa shape index (κ3) is 34.3. The lowest BCUT2D eigenvalue weighted by Gasteiger charge is -2.35. The smallest absolute Gasteiger partial charge is 0.291 e. The minimum Gasteiger partial charge on any atom is -0.492 e. The van der Waals surface area contributed by atoms with E-state index in [4.69, 9.17) is 42.6 Å². The zero-order valence-corrected chi connectivity index (χ0v) is 84.3. The first-order valence-electron chi connectivity index (χ1n) is 47.6. The fourth-order valence-corrected chi connectivity index (χ4v) is 14.8. The summed E-state index contributed by atoms with van der Waals surface area (Å²) in [6.07, 6.45) is 11.8. The predicted molar refractivity (Wildman–Crippen MR) is 537 cm³/mol. The van der Waals surface area contributed by atoms with Crippen molar-refractivity contribution in [2.24, 2.45) is 49.3 Å². The minimum atomic E-state index is -0.645. The van der Waals surface area contributed by atoms with Gasteiger partial charge in [-0.05, 0) is 72.0 Å². The minimum absolute atomic E-state index is 0.0127. The summed E-state index contributed by atoms with van der Waals surface area (Å²) in [7, 11) is 12.6. The summed E-state index contributed by atoms with van der Waals surface area (Å²) in [4.78, 5) is 215. The molecule has 0 spiro atoms. The Morgan fingerprint density at radius 2 is 0.804 bits per heavy atom. The molecule has 11 rings (SSSR count). The van der Waals surface area contributed by atoms with Gasteiger partial charge in [-0.1, -0.05) is 45.0 Å². The molecule has 1 aliphatic rings. The number of aromatic nitrogens is 11. The maximum atomic E-state index is 13.8. The number of carbonyl (C=O) groups excluding carboxylic acids is 15. The van der Waals surface area contributed by atoms with Crippen molar-refractivity contribution in [1.82, 2.24) is 98.9 Å². The molecule has 1 saturated heterocycles. The summed E-state index contributed by atoms with van der Waals surface area (Å²) in [5.41, 5.74) is 3.29. The van der Waals surface area contributed by atoms with Gasteiger partial charge in [0.05, 0.1) is 109 Å². The Labute approximate surface area is 851 Å². The Kier molecular flexibility index (Phi) is 41.9. The molecule has 7 aromatic heterocycles. The molecule has 3 aromatic carbocycles. The lowest BCUT2D eigenvalue weighted by atomic mass is 9.87. The van der Waals surface area contributed by atoms with Gasteiger partial charge in [0.25, 0.3) is 59.1 Å². The summed E-state index contributed by atoms with van der Waals surface area (Å²) < 4.78 is 61.4. The molecule has 50 nitrogen and oxygen atoms in total. The van der Waals surface area contributed by atoms with Gasteiger partial charge in [0.15, 0.2) is 41.4 Å². The van der Waals surface area contributed by atoms with Crippen LogP contribution in [0.1, 0.15) is 153 Å². The van der Waals surface area contributed by atoms with E-state index in [1.807, 2.05) is 12.1 Å². The summed E-state index contributed by atoms with van der Waals surface area (Å²) in [5, 5.41) is 34.7. The first kappa shape index (κ1) is 112. The summed E-state index contributed by atoms with van der Waals surface area (Å²) >= 11 is 0. The van der Waals surface area contributed by atoms with Crippen molar-refractivity contribution in [1.29, 1.82) is 0 Å². The van der Waals surface area contributed by atoms with Crippen LogP contribution in [0.25, 0.3) is 0 Å². The zero-order valence-electron chi connectivity index (χ0n) is 84.3. The summed E-state index contributed by atoms with van der Waals surface area (Å²) in [5.74, 6) is -5.16. The second-order valence-corrected chi connectivity index (χ2v) is 34.8. The quantitative estimate of drug-likeness (QED) is 0.0244. The number of imidazole rings is 4. The van der Waals surface area contributed by atoms with Gasteiger partial charge in [-0.3, -0.25) is 71.9 Å². The first-order valence-corrected chi connectivity index (χ1v) is 47.6. The second-order valence-electron chi connectivity index (χ2n) is 34.8. The van der Waals surface area contributed by atoms with E-state index in [-0.39, 0.29) is 241 Å². The van der Waals surface area contributed by atoms with Gasteiger partial charge in [-0.25, -0.2) is 19.9 Å². The van der Waals surface area contributed by atoms with Crippen LogP contribution in [0.2, 0.25) is 0 Å². The third-order valence-corrected chi connectivity index (χ3v) is 22.5. The maximum absolute atomic E-state index is 13.8. The van der Waals surface area contributed by atoms with E-state index in [9.17, 15) is 71.9 Å². The van der Waals surface area contributed by atoms with Crippen LogP contribution in [0.4, 0.5) is 34.5 Å². The third-order valence-electron chi connectivity index (χ3n) is 22.5. The van der Waals surface area contributed by atoms with E-state index in [0.29, 0.717) is 93.4 Å². The molecule has 15 amide bonds. The molecule has 8 heterocycles. The number of benzene rings is 3. The van der Waals surface area contributed by atoms with E-state index >= 15 is 0 Å².